The van der Waals surface area contributed by atoms with Crippen molar-refractivity contribution < 1.29 is 23.9 Å². The van der Waals surface area contributed by atoms with E-state index in [0.29, 0.717) is 29.2 Å². The summed E-state index contributed by atoms with van der Waals surface area (Å²) in [6.45, 7) is 3.68. The highest BCUT2D eigenvalue weighted by Gasteiger charge is 2.13. The van der Waals surface area contributed by atoms with Crippen molar-refractivity contribution in [3.05, 3.63) is 59.7 Å². The average Bonchev–Trinajstić information content (AvgIpc) is 2.67. The van der Waals surface area contributed by atoms with Crippen LogP contribution in [0.1, 0.15) is 47.4 Å². The molecule has 0 saturated carbocycles. The summed E-state index contributed by atoms with van der Waals surface area (Å²) in [5.41, 5.74) is 1.12. The monoisotopic (exact) mass is 369 g/mol. The molecule has 0 atom stereocenters. The molecule has 27 heavy (non-hydrogen) atoms. The van der Waals surface area contributed by atoms with Gasteiger partial charge in [0.15, 0.2) is 12.4 Å². The maximum atomic E-state index is 12.1. The Kier molecular flexibility index (Phi) is 7.55. The molecule has 6 nitrogen and oxygen atoms in total. The number of anilines is 1. The zero-order chi connectivity index (χ0) is 19.6. The summed E-state index contributed by atoms with van der Waals surface area (Å²) in [6, 6.07) is 13.2. The van der Waals surface area contributed by atoms with Crippen LogP contribution in [0.3, 0.4) is 0 Å². The van der Waals surface area contributed by atoms with Crippen LogP contribution in [0, 0.1) is 0 Å². The van der Waals surface area contributed by atoms with Gasteiger partial charge in [-0.1, -0.05) is 25.5 Å². The molecular weight excluding hydrogens is 346 g/mol. The van der Waals surface area contributed by atoms with E-state index in [1.165, 1.54) is 6.92 Å². The normalized spacial score (nSPS) is 10.1. The fourth-order valence-corrected chi connectivity index (χ4v) is 2.32. The second kappa shape index (κ2) is 10.1. The van der Waals surface area contributed by atoms with Gasteiger partial charge in [0.25, 0.3) is 5.91 Å². The van der Waals surface area contributed by atoms with Crippen molar-refractivity contribution in [2.24, 2.45) is 0 Å². The molecular formula is C21H23NO5. The number of amides is 1. The van der Waals surface area contributed by atoms with Gasteiger partial charge in [-0.2, -0.15) is 0 Å². The van der Waals surface area contributed by atoms with Gasteiger partial charge in [-0.05, 0) is 49.7 Å². The molecule has 2 aromatic rings. The fraction of sp³-hybridized carbons (Fsp3) is 0.286. The lowest BCUT2D eigenvalue weighted by Crippen LogP contribution is -2.22. The Balaban J connectivity index is 1.86. The predicted octanol–water partition coefficient (Wildman–Crippen LogP) is 3.86. The van der Waals surface area contributed by atoms with Crippen molar-refractivity contribution >= 4 is 23.3 Å². The first-order valence-corrected chi connectivity index (χ1v) is 8.81. The first-order chi connectivity index (χ1) is 13.0. The number of ketones is 1. The number of nitrogens with one attached hydrogen (secondary N) is 1. The van der Waals surface area contributed by atoms with E-state index in [4.69, 9.17) is 9.47 Å². The summed E-state index contributed by atoms with van der Waals surface area (Å²) in [6.07, 6.45) is 2.01. The summed E-state index contributed by atoms with van der Waals surface area (Å²) in [4.78, 5) is 35.6. The molecule has 0 aliphatic rings. The van der Waals surface area contributed by atoms with Gasteiger partial charge >= 0.3 is 5.97 Å². The van der Waals surface area contributed by atoms with Crippen molar-refractivity contribution in [2.45, 2.75) is 26.7 Å². The SMILES string of the molecule is CCCCOc1ccc(C(=O)OCC(=O)Nc2ccccc2C(C)=O)cc1. The van der Waals surface area contributed by atoms with E-state index in [1.807, 2.05) is 0 Å². The summed E-state index contributed by atoms with van der Waals surface area (Å²) in [5, 5.41) is 2.58. The van der Waals surface area contributed by atoms with E-state index < -0.39 is 18.5 Å². The summed E-state index contributed by atoms with van der Waals surface area (Å²) in [7, 11) is 0. The third kappa shape index (κ3) is 6.26. The van der Waals surface area contributed by atoms with Crippen molar-refractivity contribution in [3.63, 3.8) is 0 Å². The number of rotatable bonds is 9. The number of carbonyl (C=O) groups excluding carboxylic acids is 3. The first-order valence-electron chi connectivity index (χ1n) is 8.81. The minimum absolute atomic E-state index is 0.163. The highest BCUT2D eigenvalue weighted by atomic mass is 16.5. The summed E-state index contributed by atoms with van der Waals surface area (Å²) in [5.74, 6) is -0.607. The number of esters is 1. The van der Waals surface area contributed by atoms with Gasteiger partial charge < -0.3 is 14.8 Å². The van der Waals surface area contributed by atoms with Gasteiger partial charge in [0.1, 0.15) is 5.75 Å². The fourth-order valence-electron chi connectivity index (χ4n) is 2.32. The second-order valence-corrected chi connectivity index (χ2v) is 5.95. The molecule has 142 valence electrons. The van der Waals surface area contributed by atoms with Crippen LogP contribution in [0.2, 0.25) is 0 Å². The van der Waals surface area contributed by atoms with E-state index in [-0.39, 0.29) is 5.78 Å². The van der Waals surface area contributed by atoms with Crippen LogP contribution in [0.5, 0.6) is 5.75 Å². The van der Waals surface area contributed by atoms with Crippen LogP contribution in [-0.2, 0) is 9.53 Å². The van der Waals surface area contributed by atoms with E-state index >= 15 is 0 Å². The maximum Gasteiger partial charge on any atom is 0.338 e. The number of ether oxygens (including phenoxy) is 2. The number of para-hydroxylation sites is 1. The molecule has 6 heteroatoms. The van der Waals surface area contributed by atoms with Crippen LogP contribution in [0.15, 0.2) is 48.5 Å². The largest absolute Gasteiger partial charge is 0.494 e. The number of benzene rings is 2. The Morgan fingerprint density at radius 3 is 2.37 bits per heavy atom. The molecule has 2 aromatic carbocycles. The Labute approximate surface area is 158 Å². The highest BCUT2D eigenvalue weighted by Crippen LogP contribution is 2.16. The van der Waals surface area contributed by atoms with Gasteiger partial charge in [-0.15, -0.1) is 0 Å². The molecule has 2 rings (SSSR count). The summed E-state index contributed by atoms with van der Waals surface area (Å²) < 4.78 is 10.6. The molecule has 0 aliphatic heterocycles. The lowest BCUT2D eigenvalue weighted by Gasteiger charge is -2.10. The quantitative estimate of drug-likeness (QED) is 0.412. The third-order valence-corrected chi connectivity index (χ3v) is 3.77. The number of unbranched alkanes of at least 4 members (excludes halogenated alkanes) is 1. The van der Waals surface area contributed by atoms with E-state index in [1.54, 1.807) is 48.5 Å². The Morgan fingerprint density at radius 1 is 1.00 bits per heavy atom. The zero-order valence-electron chi connectivity index (χ0n) is 15.5. The van der Waals surface area contributed by atoms with Crippen molar-refractivity contribution in [2.75, 3.05) is 18.5 Å². The van der Waals surface area contributed by atoms with Gasteiger partial charge in [0, 0.05) is 5.56 Å². The molecule has 1 N–H and O–H groups in total. The number of Topliss-reactive ketones (excluding diaryl/α,β-unsaturated/α-hetero) is 1. The molecule has 0 unspecified atom stereocenters. The minimum atomic E-state index is -0.606. The lowest BCUT2D eigenvalue weighted by molar-refractivity contribution is -0.119. The van der Waals surface area contributed by atoms with Crippen LogP contribution < -0.4 is 10.1 Å². The average molecular weight is 369 g/mol. The minimum Gasteiger partial charge on any atom is -0.494 e. The predicted molar refractivity (Wildman–Crippen MR) is 102 cm³/mol. The Morgan fingerprint density at radius 2 is 1.70 bits per heavy atom. The van der Waals surface area contributed by atoms with Crippen molar-refractivity contribution in [1.29, 1.82) is 0 Å². The van der Waals surface area contributed by atoms with Gasteiger partial charge in [-0.3, -0.25) is 9.59 Å². The molecule has 0 aromatic heterocycles. The van der Waals surface area contributed by atoms with Gasteiger partial charge in [0.2, 0.25) is 0 Å². The topological polar surface area (TPSA) is 81.7 Å². The van der Waals surface area contributed by atoms with E-state index in [0.717, 1.165) is 12.8 Å². The summed E-state index contributed by atoms with van der Waals surface area (Å²) >= 11 is 0. The maximum absolute atomic E-state index is 12.1. The van der Waals surface area contributed by atoms with Crippen molar-refractivity contribution in [1.82, 2.24) is 0 Å². The molecule has 0 aliphatic carbocycles. The number of hydrogen-bond acceptors (Lipinski definition) is 5. The van der Waals surface area contributed by atoms with Crippen LogP contribution >= 0.6 is 0 Å². The van der Waals surface area contributed by atoms with Gasteiger partial charge in [0.05, 0.1) is 17.9 Å². The number of carbonyl (C=O) groups is 3. The standard InChI is InChI=1S/C21H23NO5/c1-3-4-13-26-17-11-9-16(10-12-17)21(25)27-14-20(24)22-19-8-6-5-7-18(19)15(2)23/h5-12H,3-4,13-14H2,1-2H3,(H,22,24). The Hall–Kier alpha value is -3.15. The van der Waals surface area contributed by atoms with E-state index in [2.05, 4.69) is 12.2 Å². The third-order valence-electron chi connectivity index (χ3n) is 3.77. The number of hydrogen-bond donors (Lipinski definition) is 1. The molecule has 0 fully saturated rings. The lowest BCUT2D eigenvalue weighted by atomic mass is 10.1. The molecule has 0 saturated heterocycles. The van der Waals surface area contributed by atoms with E-state index in [9.17, 15) is 14.4 Å². The molecule has 0 spiro atoms. The smallest absolute Gasteiger partial charge is 0.338 e. The highest BCUT2D eigenvalue weighted by molar-refractivity contribution is 6.04. The second-order valence-electron chi connectivity index (χ2n) is 5.95. The molecule has 0 heterocycles. The van der Waals surface area contributed by atoms with Crippen molar-refractivity contribution in [3.8, 4) is 5.75 Å². The first kappa shape index (κ1) is 20.2. The molecule has 0 bridgehead atoms. The van der Waals surface area contributed by atoms with Gasteiger partial charge in [-0.25, -0.2) is 4.79 Å². The molecule has 1 amide bonds. The molecule has 0 radical (unpaired) electrons. The zero-order valence-corrected chi connectivity index (χ0v) is 15.5. The van der Waals surface area contributed by atoms with Crippen LogP contribution in [0.4, 0.5) is 5.69 Å². The van der Waals surface area contributed by atoms with Crippen LogP contribution in [-0.4, -0.2) is 30.9 Å². The Bertz CT molecular complexity index is 798. The van der Waals surface area contributed by atoms with Crippen LogP contribution in [0.25, 0.3) is 0 Å².